The molecular weight excluding hydrogens is 207 g/mol. The van der Waals surface area contributed by atoms with Gasteiger partial charge in [-0.3, -0.25) is 0 Å². The Bertz CT molecular complexity index is 344. The lowest BCUT2D eigenvalue weighted by atomic mass is 10.3. The molecule has 0 atom stereocenters. The van der Waals surface area contributed by atoms with Crippen molar-refractivity contribution in [3.05, 3.63) is 28.2 Å². The van der Waals surface area contributed by atoms with Crippen LogP contribution in [0.4, 0.5) is 5.69 Å². The molecule has 0 aromatic heterocycles. The van der Waals surface area contributed by atoms with Crippen molar-refractivity contribution in [1.29, 1.82) is 5.26 Å². The van der Waals surface area contributed by atoms with E-state index >= 15 is 0 Å². The van der Waals surface area contributed by atoms with Gasteiger partial charge in [-0.1, -0.05) is 23.2 Å². The van der Waals surface area contributed by atoms with Gasteiger partial charge in [-0.05, 0) is 18.2 Å². The van der Waals surface area contributed by atoms with Crippen LogP contribution in [-0.2, 0) is 0 Å². The summed E-state index contributed by atoms with van der Waals surface area (Å²) in [4.78, 5) is 1.79. The molecule has 0 aliphatic carbocycles. The van der Waals surface area contributed by atoms with Gasteiger partial charge in [0.1, 0.15) is 6.54 Å². The zero-order valence-corrected chi connectivity index (χ0v) is 8.60. The summed E-state index contributed by atoms with van der Waals surface area (Å²) in [6.45, 7) is 0.331. The molecule has 2 nitrogen and oxygen atoms in total. The van der Waals surface area contributed by atoms with Crippen LogP contribution in [0.5, 0.6) is 0 Å². The van der Waals surface area contributed by atoms with Crippen LogP contribution in [0.1, 0.15) is 0 Å². The van der Waals surface area contributed by atoms with Crippen LogP contribution in [0.25, 0.3) is 0 Å². The summed E-state index contributed by atoms with van der Waals surface area (Å²) in [7, 11) is 1.82. The molecule has 0 radical (unpaired) electrons. The van der Waals surface area contributed by atoms with Crippen molar-refractivity contribution in [1.82, 2.24) is 0 Å². The highest BCUT2D eigenvalue weighted by molar-refractivity contribution is 6.42. The first-order valence-corrected chi connectivity index (χ1v) is 4.44. The normalized spacial score (nSPS) is 9.38. The highest BCUT2D eigenvalue weighted by Crippen LogP contribution is 2.26. The molecule has 0 saturated heterocycles. The van der Waals surface area contributed by atoms with Crippen molar-refractivity contribution in [2.75, 3.05) is 18.5 Å². The summed E-state index contributed by atoms with van der Waals surface area (Å²) in [6.07, 6.45) is 0. The molecule has 0 bridgehead atoms. The van der Waals surface area contributed by atoms with Crippen LogP contribution in [0.2, 0.25) is 10.0 Å². The summed E-state index contributed by atoms with van der Waals surface area (Å²) in [5.41, 5.74) is 0.885. The largest absolute Gasteiger partial charge is 0.361 e. The maximum absolute atomic E-state index is 8.47. The Morgan fingerprint density at radius 1 is 1.38 bits per heavy atom. The van der Waals surface area contributed by atoms with Gasteiger partial charge in [0, 0.05) is 12.7 Å². The Morgan fingerprint density at radius 3 is 2.62 bits per heavy atom. The number of halogens is 2. The fourth-order valence-corrected chi connectivity index (χ4v) is 1.21. The molecule has 0 heterocycles. The van der Waals surface area contributed by atoms with E-state index in [0.29, 0.717) is 16.6 Å². The van der Waals surface area contributed by atoms with Crippen molar-refractivity contribution in [3.8, 4) is 6.07 Å². The van der Waals surface area contributed by atoms with Gasteiger partial charge in [0.05, 0.1) is 16.1 Å². The number of rotatable bonds is 2. The van der Waals surface area contributed by atoms with Crippen molar-refractivity contribution in [2.24, 2.45) is 0 Å². The van der Waals surface area contributed by atoms with Gasteiger partial charge in [-0.15, -0.1) is 0 Å². The molecular formula is C9H8Cl2N2. The molecule has 0 aliphatic rings. The maximum Gasteiger partial charge on any atom is 0.105 e. The molecule has 0 aliphatic heterocycles. The topological polar surface area (TPSA) is 27.0 Å². The smallest absolute Gasteiger partial charge is 0.105 e. The van der Waals surface area contributed by atoms with Gasteiger partial charge in [-0.2, -0.15) is 5.26 Å². The molecule has 0 spiro atoms. The molecule has 0 unspecified atom stereocenters. The van der Waals surface area contributed by atoms with E-state index in [2.05, 4.69) is 0 Å². The molecule has 4 heteroatoms. The van der Waals surface area contributed by atoms with E-state index in [1.807, 2.05) is 19.2 Å². The van der Waals surface area contributed by atoms with Gasteiger partial charge < -0.3 is 4.90 Å². The number of nitrogens with zero attached hydrogens (tertiary/aromatic N) is 2. The lowest BCUT2D eigenvalue weighted by Crippen LogP contribution is -2.16. The predicted molar refractivity (Wildman–Crippen MR) is 55.3 cm³/mol. The van der Waals surface area contributed by atoms with Crippen LogP contribution in [0.15, 0.2) is 18.2 Å². The Hall–Kier alpha value is -0.910. The van der Waals surface area contributed by atoms with E-state index in [1.165, 1.54) is 0 Å². The van der Waals surface area contributed by atoms with Gasteiger partial charge in [0.25, 0.3) is 0 Å². The Morgan fingerprint density at radius 2 is 2.08 bits per heavy atom. The zero-order chi connectivity index (χ0) is 9.84. The van der Waals surface area contributed by atoms with Crippen LogP contribution in [0, 0.1) is 11.3 Å². The minimum absolute atomic E-state index is 0.331. The molecule has 1 rings (SSSR count). The zero-order valence-electron chi connectivity index (χ0n) is 7.09. The molecule has 0 N–H and O–H groups in total. The Balaban J connectivity index is 2.91. The predicted octanol–water partition coefficient (Wildman–Crippen LogP) is 2.95. The number of benzene rings is 1. The first kappa shape index (κ1) is 10.2. The third kappa shape index (κ3) is 2.51. The molecule has 13 heavy (non-hydrogen) atoms. The molecule has 68 valence electrons. The average molecular weight is 215 g/mol. The lowest BCUT2D eigenvalue weighted by Gasteiger charge is -2.15. The van der Waals surface area contributed by atoms with E-state index in [9.17, 15) is 0 Å². The molecule has 0 fully saturated rings. The van der Waals surface area contributed by atoms with Crippen molar-refractivity contribution in [2.45, 2.75) is 0 Å². The van der Waals surface area contributed by atoms with Crippen molar-refractivity contribution >= 4 is 28.9 Å². The number of anilines is 1. The van der Waals surface area contributed by atoms with Crippen molar-refractivity contribution < 1.29 is 0 Å². The van der Waals surface area contributed by atoms with E-state index in [-0.39, 0.29) is 0 Å². The minimum atomic E-state index is 0.331. The highest BCUT2D eigenvalue weighted by atomic mass is 35.5. The van der Waals surface area contributed by atoms with Gasteiger partial charge in [-0.25, -0.2) is 0 Å². The summed E-state index contributed by atoms with van der Waals surface area (Å²) in [6, 6.07) is 7.33. The fraction of sp³-hybridized carbons (Fsp3) is 0.222. The second kappa shape index (κ2) is 4.36. The number of hydrogen-bond donors (Lipinski definition) is 0. The Labute approximate surface area is 87.3 Å². The molecule has 1 aromatic rings. The first-order valence-electron chi connectivity index (χ1n) is 3.68. The van der Waals surface area contributed by atoms with Gasteiger partial charge in [0.2, 0.25) is 0 Å². The SMILES string of the molecule is CN(CC#N)c1ccc(Cl)c(Cl)c1. The third-order valence-corrected chi connectivity index (χ3v) is 2.39. The monoisotopic (exact) mass is 214 g/mol. The van der Waals surface area contributed by atoms with E-state index in [4.69, 9.17) is 28.5 Å². The van der Waals surface area contributed by atoms with E-state index in [1.54, 1.807) is 17.0 Å². The average Bonchev–Trinajstić information content (AvgIpc) is 2.10. The summed E-state index contributed by atoms with van der Waals surface area (Å²) in [5, 5.41) is 9.50. The standard InChI is InChI=1S/C9H8Cl2N2/c1-13(5-4-12)7-2-3-8(10)9(11)6-7/h2-3,6H,5H2,1H3. The van der Waals surface area contributed by atoms with Gasteiger partial charge in [0.15, 0.2) is 0 Å². The van der Waals surface area contributed by atoms with E-state index in [0.717, 1.165) is 5.69 Å². The van der Waals surface area contributed by atoms with Crippen LogP contribution >= 0.6 is 23.2 Å². The first-order chi connectivity index (χ1) is 6.15. The number of nitriles is 1. The lowest BCUT2D eigenvalue weighted by molar-refractivity contribution is 1.04. The maximum atomic E-state index is 8.47. The quantitative estimate of drug-likeness (QED) is 0.709. The number of hydrogen-bond acceptors (Lipinski definition) is 2. The van der Waals surface area contributed by atoms with Crippen LogP contribution in [-0.4, -0.2) is 13.6 Å². The van der Waals surface area contributed by atoms with Crippen LogP contribution < -0.4 is 4.90 Å². The van der Waals surface area contributed by atoms with Crippen molar-refractivity contribution in [3.63, 3.8) is 0 Å². The molecule has 0 saturated carbocycles. The molecule has 0 amide bonds. The summed E-state index contributed by atoms with van der Waals surface area (Å²) < 4.78 is 0. The molecule has 1 aromatic carbocycles. The second-order valence-electron chi connectivity index (χ2n) is 2.61. The Kier molecular flexibility index (Phi) is 3.41. The summed E-state index contributed by atoms with van der Waals surface area (Å²) >= 11 is 11.6. The minimum Gasteiger partial charge on any atom is -0.361 e. The third-order valence-electron chi connectivity index (χ3n) is 1.65. The van der Waals surface area contributed by atoms with Gasteiger partial charge >= 0.3 is 0 Å². The van der Waals surface area contributed by atoms with E-state index < -0.39 is 0 Å². The highest BCUT2D eigenvalue weighted by Gasteiger charge is 2.02. The second-order valence-corrected chi connectivity index (χ2v) is 3.43. The fourth-order valence-electron chi connectivity index (χ4n) is 0.920. The van der Waals surface area contributed by atoms with Crippen LogP contribution in [0.3, 0.4) is 0 Å². The summed E-state index contributed by atoms with van der Waals surface area (Å²) in [5.74, 6) is 0.